The SMILES string of the molecule is CN=C(NCCc1ccc(OC)cc1)NCc1cccc(CN2CCCC(C(N)=O)C2)c1.I. The van der Waals surface area contributed by atoms with Crippen molar-refractivity contribution in [1.29, 1.82) is 0 Å². The third-order valence-corrected chi connectivity index (χ3v) is 5.85. The lowest BCUT2D eigenvalue weighted by atomic mass is 9.97. The van der Waals surface area contributed by atoms with Crippen LogP contribution in [0.3, 0.4) is 0 Å². The summed E-state index contributed by atoms with van der Waals surface area (Å²) < 4.78 is 5.20. The second-order valence-electron chi connectivity index (χ2n) is 8.25. The summed E-state index contributed by atoms with van der Waals surface area (Å²) >= 11 is 0. The topological polar surface area (TPSA) is 92.0 Å². The summed E-state index contributed by atoms with van der Waals surface area (Å²) in [6.07, 6.45) is 2.83. The molecule has 0 spiro atoms. The van der Waals surface area contributed by atoms with Crippen molar-refractivity contribution < 1.29 is 9.53 Å². The van der Waals surface area contributed by atoms with Gasteiger partial charge < -0.3 is 21.1 Å². The first kappa shape index (κ1) is 26.9. The number of methoxy groups -OCH3 is 1. The predicted molar refractivity (Wildman–Crippen MR) is 144 cm³/mol. The summed E-state index contributed by atoms with van der Waals surface area (Å²) in [5.74, 6) is 1.44. The average molecular weight is 566 g/mol. The molecule has 0 saturated carbocycles. The molecule has 8 heteroatoms. The monoisotopic (exact) mass is 565 g/mol. The van der Waals surface area contributed by atoms with Crippen LogP contribution in [0.2, 0.25) is 0 Å². The van der Waals surface area contributed by atoms with Crippen LogP contribution in [-0.4, -0.2) is 50.6 Å². The van der Waals surface area contributed by atoms with E-state index < -0.39 is 0 Å². The highest BCUT2D eigenvalue weighted by atomic mass is 127. The number of nitrogens with two attached hydrogens (primary N) is 1. The van der Waals surface area contributed by atoms with Crippen LogP contribution in [0.25, 0.3) is 0 Å². The van der Waals surface area contributed by atoms with E-state index in [-0.39, 0.29) is 35.8 Å². The second-order valence-corrected chi connectivity index (χ2v) is 8.25. The Kier molecular flexibility index (Phi) is 11.5. The number of likely N-dealkylation sites (tertiary alicyclic amines) is 1. The zero-order chi connectivity index (χ0) is 22.8. The molecule has 180 valence electrons. The molecule has 1 unspecified atom stereocenters. The Morgan fingerprint density at radius 3 is 2.61 bits per heavy atom. The summed E-state index contributed by atoms with van der Waals surface area (Å²) in [6.45, 7) is 4.09. The number of benzene rings is 2. The number of hydrogen-bond donors (Lipinski definition) is 3. The molecule has 1 heterocycles. The largest absolute Gasteiger partial charge is 0.497 e. The number of primary amides is 1. The molecule has 1 aliphatic rings. The number of hydrogen-bond acceptors (Lipinski definition) is 4. The van der Waals surface area contributed by atoms with Gasteiger partial charge in [0.1, 0.15) is 5.75 Å². The normalized spacial score (nSPS) is 16.5. The standard InChI is InChI=1S/C25H35N5O2.HI/c1-27-25(28-13-12-19-8-10-23(32-2)11-9-19)29-16-20-5-3-6-21(15-20)17-30-14-4-7-22(18-30)24(26)31;/h3,5-6,8-11,15,22H,4,7,12-14,16-18H2,1-2H3,(H2,26,31)(H2,27,28,29);1H. The number of halogens is 1. The van der Waals surface area contributed by atoms with Crippen molar-refractivity contribution >= 4 is 35.8 Å². The first-order valence-electron chi connectivity index (χ1n) is 11.2. The number of ether oxygens (including phenoxy) is 1. The van der Waals surface area contributed by atoms with E-state index in [1.165, 1.54) is 16.7 Å². The predicted octanol–water partition coefficient (Wildman–Crippen LogP) is 2.92. The van der Waals surface area contributed by atoms with Gasteiger partial charge in [0.25, 0.3) is 0 Å². The number of nitrogens with one attached hydrogen (secondary N) is 2. The van der Waals surface area contributed by atoms with Gasteiger partial charge in [0.05, 0.1) is 13.0 Å². The molecule has 33 heavy (non-hydrogen) atoms. The fourth-order valence-corrected chi connectivity index (χ4v) is 4.05. The Bertz CT molecular complexity index is 904. The highest BCUT2D eigenvalue weighted by Gasteiger charge is 2.23. The Morgan fingerprint density at radius 1 is 1.15 bits per heavy atom. The van der Waals surface area contributed by atoms with Crippen LogP contribution >= 0.6 is 24.0 Å². The van der Waals surface area contributed by atoms with Crippen LogP contribution in [0.4, 0.5) is 0 Å². The number of rotatable bonds is 9. The van der Waals surface area contributed by atoms with E-state index in [4.69, 9.17) is 10.5 Å². The number of amides is 1. The Hall–Kier alpha value is -2.33. The average Bonchev–Trinajstić information content (AvgIpc) is 2.82. The Morgan fingerprint density at radius 2 is 1.91 bits per heavy atom. The van der Waals surface area contributed by atoms with E-state index in [0.717, 1.165) is 57.2 Å². The highest BCUT2D eigenvalue weighted by molar-refractivity contribution is 14.0. The van der Waals surface area contributed by atoms with Crippen molar-refractivity contribution in [2.24, 2.45) is 16.6 Å². The van der Waals surface area contributed by atoms with Gasteiger partial charge in [0, 0.05) is 33.2 Å². The fourth-order valence-electron chi connectivity index (χ4n) is 4.05. The highest BCUT2D eigenvalue weighted by Crippen LogP contribution is 2.19. The maximum atomic E-state index is 11.5. The lowest BCUT2D eigenvalue weighted by Crippen LogP contribution is -2.40. The molecule has 3 rings (SSSR count). The van der Waals surface area contributed by atoms with Gasteiger partial charge in [-0.2, -0.15) is 0 Å². The molecule has 7 nitrogen and oxygen atoms in total. The van der Waals surface area contributed by atoms with Crippen LogP contribution in [-0.2, 0) is 24.3 Å². The number of guanidine groups is 1. The van der Waals surface area contributed by atoms with E-state index in [1.807, 2.05) is 12.1 Å². The molecule has 0 aliphatic carbocycles. The number of piperidine rings is 1. The van der Waals surface area contributed by atoms with Crippen LogP contribution in [0, 0.1) is 5.92 Å². The molecule has 0 bridgehead atoms. The van der Waals surface area contributed by atoms with Gasteiger partial charge in [0.15, 0.2) is 5.96 Å². The first-order valence-corrected chi connectivity index (χ1v) is 11.2. The van der Waals surface area contributed by atoms with Gasteiger partial charge in [-0.3, -0.25) is 14.7 Å². The molecule has 2 aromatic rings. The van der Waals surface area contributed by atoms with Gasteiger partial charge in [0.2, 0.25) is 5.91 Å². The Balaban J connectivity index is 0.00000385. The number of aliphatic imine (C=N–C) groups is 1. The zero-order valence-electron chi connectivity index (χ0n) is 19.5. The molecule has 0 aromatic heterocycles. The van der Waals surface area contributed by atoms with Crippen molar-refractivity contribution in [3.8, 4) is 5.75 Å². The van der Waals surface area contributed by atoms with Gasteiger partial charge in [-0.25, -0.2) is 0 Å². The van der Waals surface area contributed by atoms with Gasteiger partial charge >= 0.3 is 0 Å². The van der Waals surface area contributed by atoms with Crippen molar-refractivity contribution in [3.63, 3.8) is 0 Å². The van der Waals surface area contributed by atoms with E-state index >= 15 is 0 Å². The van der Waals surface area contributed by atoms with Gasteiger partial charge in [-0.15, -0.1) is 24.0 Å². The minimum atomic E-state index is -0.182. The van der Waals surface area contributed by atoms with E-state index in [1.54, 1.807) is 14.2 Å². The Labute approximate surface area is 214 Å². The number of nitrogens with zero attached hydrogens (tertiary/aromatic N) is 2. The molecule has 1 fully saturated rings. The minimum absolute atomic E-state index is 0. The zero-order valence-corrected chi connectivity index (χ0v) is 21.9. The molecule has 0 radical (unpaired) electrons. The smallest absolute Gasteiger partial charge is 0.221 e. The van der Waals surface area contributed by atoms with Crippen molar-refractivity contribution in [1.82, 2.24) is 15.5 Å². The van der Waals surface area contributed by atoms with Crippen molar-refractivity contribution in [2.75, 3.05) is 33.8 Å². The maximum absolute atomic E-state index is 11.5. The van der Waals surface area contributed by atoms with Crippen molar-refractivity contribution in [3.05, 3.63) is 65.2 Å². The quantitative estimate of drug-likeness (QED) is 0.247. The van der Waals surface area contributed by atoms with Crippen LogP contribution in [0.5, 0.6) is 5.75 Å². The first-order chi connectivity index (χ1) is 15.6. The van der Waals surface area contributed by atoms with Gasteiger partial charge in [-0.05, 0) is 54.6 Å². The van der Waals surface area contributed by atoms with Crippen LogP contribution in [0.1, 0.15) is 29.5 Å². The van der Waals surface area contributed by atoms with E-state index in [9.17, 15) is 4.79 Å². The second kappa shape index (κ2) is 14.0. The maximum Gasteiger partial charge on any atom is 0.221 e. The third-order valence-electron chi connectivity index (χ3n) is 5.85. The number of carbonyl (C=O) groups excluding carboxylic acids is 1. The summed E-state index contributed by atoms with van der Waals surface area (Å²) in [6, 6.07) is 16.7. The molecule has 1 aliphatic heterocycles. The molecular formula is C25H36IN5O2. The molecular weight excluding hydrogens is 529 g/mol. The summed E-state index contributed by atoms with van der Waals surface area (Å²) in [5, 5.41) is 6.76. The summed E-state index contributed by atoms with van der Waals surface area (Å²) in [5.41, 5.74) is 9.20. The number of carbonyl (C=O) groups is 1. The molecule has 4 N–H and O–H groups in total. The van der Waals surface area contributed by atoms with Crippen LogP contribution in [0.15, 0.2) is 53.5 Å². The lowest BCUT2D eigenvalue weighted by Gasteiger charge is -2.31. The third kappa shape index (κ3) is 8.85. The summed E-state index contributed by atoms with van der Waals surface area (Å²) in [7, 11) is 3.46. The fraction of sp³-hybridized carbons (Fsp3) is 0.440. The molecule has 2 aromatic carbocycles. The van der Waals surface area contributed by atoms with Crippen LogP contribution < -0.4 is 21.1 Å². The molecule has 1 atom stereocenters. The molecule has 1 saturated heterocycles. The van der Waals surface area contributed by atoms with E-state index in [2.05, 4.69) is 56.9 Å². The van der Waals surface area contributed by atoms with E-state index in [0.29, 0.717) is 6.54 Å². The van der Waals surface area contributed by atoms with Crippen molar-refractivity contribution in [2.45, 2.75) is 32.4 Å². The summed E-state index contributed by atoms with van der Waals surface area (Å²) in [4.78, 5) is 18.2. The molecule has 1 amide bonds. The lowest BCUT2D eigenvalue weighted by molar-refractivity contribution is -0.123. The minimum Gasteiger partial charge on any atom is -0.497 e. The van der Waals surface area contributed by atoms with Gasteiger partial charge in [-0.1, -0.05) is 36.4 Å².